The normalized spacial score (nSPS) is 24.5. The number of rotatable bonds is 3. The second-order valence-corrected chi connectivity index (χ2v) is 5.03. The minimum atomic E-state index is -0.364. The fourth-order valence-electron chi connectivity index (χ4n) is 2.46. The lowest BCUT2D eigenvalue weighted by molar-refractivity contribution is -0.126. The number of carbonyl (C=O) groups excluding carboxylic acids is 2. The third-order valence-electron chi connectivity index (χ3n) is 3.55. The number of amides is 2. The standard InChI is InChI=1S/C14H17N3O3/c18-13-8-15-11(7-16-13)14(19)17-6-10-5-9-3-1-2-4-12(9)20-10/h1-4,10-11,15H,5-8H2,(H,16,18)(H,17,19). The van der Waals surface area contributed by atoms with Crippen LogP contribution in [0, 0.1) is 0 Å². The van der Waals surface area contributed by atoms with Gasteiger partial charge in [-0.3, -0.25) is 14.9 Å². The minimum absolute atomic E-state index is 0.0190. The molecule has 3 rings (SSSR count). The number of benzene rings is 1. The number of ether oxygens (including phenoxy) is 1. The van der Waals surface area contributed by atoms with Crippen molar-refractivity contribution in [3.63, 3.8) is 0 Å². The van der Waals surface area contributed by atoms with Crippen molar-refractivity contribution >= 4 is 11.8 Å². The maximum Gasteiger partial charge on any atom is 0.239 e. The molecule has 2 amide bonds. The fraction of sp³-hybridized carbons (Fsp3) is 0.429. The smallest absolute Gasteiger partial charge is 0.239 e. The van der Waals surface area contributed by atoms with Crippen molar-refractivity contribution in [1.82, 2.24) is 16.0 Å². The summed E-state index contributed by atoms with van der Waals surface area (Å²) in [5.41, 5.74) is 1.18. The number of fused-ring (bicyclic) bond motifs is 1. The Balaban J connectivity index is 1.47. The lowest BCUT2D eigenvalue weighted by atomic mass is 10.1. The van der Waals surface area contributed by atoms with Gasteiger partial charge in [-0.25, -0.2) is 0 Å². The SMILES string of the molecule is O=C1CNC(C(=O)NCC2Cc3ccccc3O2)CN1. The Hall–Kier alpha value is -2.08. The van der Waals surface area contributed by atoms with Gasteiger partial charge in [0.1, 0.15) is 17.9 Å². The van der Waals surface area contributed by atoms with Crippen LogP contribution in [0.25, 0.3) is 0 Å². The van der Waals surface area contributed by atoms with Gasteiger partial charge in [-0.15, -0.1) is 0 Å². The number of nitrogens with one attached hydrogen (secondary N) is 3. The lowest BCUT2D eigenvalue weighted by Gasteiger charge is -2.23. The first-order valence-corrected chi connectivity index (χ1v) is 6.75. The van der Waals surface area contributed by atoms with Gasteiger partial charge in [-0.2, -0.15) is 0 Å². The predicted molar refractivity (Wildman–Crippen MR) is 72.4 cm³/mol. The van der Waals surface area contributed by atoms with E-state index in [-0.39, 0.29) is 30.5 Å². The summed E-state index contributed by atoms with van der Waals surface area (Å²) in [4.78, 5) is 23.0. The molecule has 1 aromatic rings. The molecule has 1 saturated heterocycles. The molecule has 106 valence electrons. The number of para-hydroxylation sites is 1. The van der Waals surface area contributed by atoms with Gasteiger partial charge < -0.3 is 15.4 Å². The van der Waals surface area contributed by atoms with Crippen LogP contribution < -0.4 is 20.7 Å². The number of carbonyl (C=O) groups is 2. The van der Waals surface area contributed by atoms with Crippen molar-refractivity contribution in [3.05, 3.63) is 29.8 Å². The monoisotopic (exact) mass is 275 g/mol. The highest BCUT2D eigenvalue weighted by Gasteiger charge is 2.26. The highest BCUT2D eigenvalue weighted by molar-refractivity contribution is 5.86. The van der Waals surface area contributed by atoms with Crippen molar-refractivity contribution in [2.45, 2.75) is 18.6 Å². The average molecular weight is 275 g/mol. The summed E-state index contributed by atoms with van der Waals surface area (Å²) in [5.74, 6) is 0.711. The molecule has 2 aliphatic rings. The van der Waals surface area contributed by atoms with E-state index in [1.165, 1.54) is 5.56 Å². The molecule has 6 heteroatoms. The molecule has 1 aromatic carbocycles. The summed E-state index contributed by atoms with van der Waals surface area (Å²) in [6.45, 7) is 0.986. The molecule has 2 heterocycles. The van der Waals surface area contributed by atoms with E-state index in [0.717, 1.165) is 12.2 Å². The first kappa shape index (κ1) is 12.9. The largest absolute Gasteiger partial charge is 0.488 e. The number of hydrogen-bond acceptors (Lipinski definition) is 4. The van der Waals surface area contributed by atoms with Crippen LogP contribution in [-0.2, 0) is 16.0 Å². The molecule has 3 N–H and O–H groups in total. The molecule has 0 spiro atoms. The summed E-state index contributed by atoms with van der Waals surface area (Å²) in [6, 6.07) is 7.54. The molecule has 6 nitrogen and oxygen atoms in total. The van der Waals surface area contributed by atoms with E-state index in [1.807, 2.05) is 24.3 Å². The third-order valence-corrected chi connectivity index (χ3v) is 3.55. The molecular weight excluding hydrogens is 258 g/mol. The highest BCUT2D eigenvalue weighted by atomic mass is 16.5. The maximum absolute atomic E-state index is 12.0. The second-order valence-electron chi connectivity index (χ2n) is 5.03. The Bertz CT molecular complexity index is 497. The predicted octanol–water partition coefficient (Wildman–Crippen LogP) is -0.806. The van der Waals surface area contributed by atoms with Gasteiger partial charge in [0.15, 0.2) is 0 Å². The van der Waals surface area contributed by atoms with Crippen molar-refractivity contribution in [3.8, 4) is 5.75 Å². The molecule has 20 heavy (non-hydrogen) atoms. The first-order valence-electron chi connectivity index (χ1n) is 6.75. The molecule has 2 aliphatic heterocycles. The van der Waals surface area contributed by atoms with Crippen LogP contribution in [0.3, 0.4) is 0 Å². The zero-order chi connectivity index (χ0) is 13.9. The average Bonchev–Trinajstić information content (AvgIpc) is 2.88. The Morgan fingerprint density at radius 3 is 3.00 bits per heavy atom. The first-order chi connectivity index (χ1) is 9.72. The Kier molecular flexibility index (Phi) is 3.56. The van der Waals surface area contributed by atoms with E-state index < -0.39 is 0 Å². The van der Waals surface area contributed by atoms with E-state index in [4.69, 9.17) is 4.74 Å². The third kappa shape index (κ3) is 2.75. The van der Waals surface area contributed by atoms with Crippen LogP contribution in [0.15, 0.2) is 24.3 Å². The van der Waals surface area contributed by atoms with Crippen LogP contribution in [-0.4, -0.2) is 43.6 Å². The Morgan fingerprint density at radius 2 is 2.25 bits per heavy atom. The molecule has 2 atom stereocenters. The quantitative estimate of drug-likeness (QED) is 0.674. The van der Waals surface area contributed by atoms with Crippen LogP contribution >= 0.6 is 0 Å². The van der Waals surface area contributed by atoms with Crippen LogP contribution in [0.4, 0.5) is 0 Å². The lowest BCUT2D eigenvalue weighted by Crippen LogP contribution is -2.58. The molecule has 0 saturated carbocycles. The van der Waals surface area contributed by atoms with Gasteiger partial charge in [-0.05, 0) is 11.6 Å². The zero-order valence-corrected chi connectivity index (χ0v) is 11.0. The van der Waals surface area contributed by atoms with Crippen molar-refractivity contribution in [2.75, 3.05) is 19.6 Å². The fourth-order valence-corrected chi connectivity index (χ4v) is 2.46. The van der Waals surface area contributed by atoms with E-state index in [2.05, 4.69) is 16.0 Å². The Labute approximate surface area is 116 Å². The van der Waals surface area contributed by atoms with E-state index >= 15 is 0 Å². The molecule has 1 fully saturated rings. The van der Waals surface area contributed by atoms with Crippen LogP contribution in [0.2, 0.25) is 0 Å². The molecule has 0 radical (unpaired) electrons. The minimum Gasteiger partial charge on any atom is -0.488 e. The zero-order valence-electron chi connectivity index (χ0n) is 11.0. The maximum atomic E-state index is 12.0. The summed E-state index contributed by atoms with van der Waals surface area (Å²) in [7, 11) is 0. The van der Waals surface area contributed by atoms with Crippen molar-refractivity contribution in [1.29, 1.82) is 0 Å². The van der Waals surface area contributed by atoms with Gasteiger partial charge in [0.05, 0.1) is 13.1 Å². The molecule has 0 aliphatic carbocycles. The van der Waals surface area contributed by atoms with Gasteiger partial charge in [0, 0.05) is 13.0 Å². The summed E-state index contributed by atoms with van der Waals surface area (Å²) in [5, 5.41) is 8.42. The number of piperazine rings is 1. The van der Waals surface area contributed by atoms with Crippen LogP contribution in [0.5, 0.6) is 5.75 Å². The summed E-state index contributed by atoms with van der Waals surface area (Å²) >= 11 is 0. The van der Waals surface area contributed by atoms with E-state index in [0.29, 0.717) is 13.1 Å². The van der Waals surface area contributed by atoms with Crippen LogP contribution in [0.1, 0.15) is 5.56 Å². The van der Waals surface area contributed by atoms with Crippen molar-refractivity contribution < 1.29 is 14.3 Å². The highest BCUT2D eigenvalue weighted by Crippen LogP contribution is 2.27. The van der Waals surface area contributed by atoms with E-state index in [1.54, 1.807) is 0 Å². The van der Waals surface area contributed by atoms with Gasteiger partial charge in [-0.1, -0.05) is 18.2 Å². The van der Waals surface area contributed by atoms with Gasteiger partial charge in [0.2, 0.25) is 11.8 Å². The number of hydrogen-bond donors (Lipinski definition) is 3. The van der Waals surface area contributed by atoms with E-state index in [9.17, 15) is 9.59 Å². The molecular formula is C14H17N3O3. The molecule has 0 bridgehead atoms. The molecule has 0 aromatic heterocycles. The summed E-state index contributed by atoms with van der Waals surface area (Å²) < 4.78 is 5.76. The van der Waals surface area contributed by atoms with Crippen molar-refractivity contribution in [2.24, 2.45) is 0 Å². The van der Waals surface area contributed by atoms with Gasteiger partial charge in [0.25, 0.3) is 0 Å². The topological polar surface area (TPSA) is 79.5 Å². The summed E-state index contributed by atoms with van der Waals surface area (Å²) in [6.07, 6.45) is 0.792. The second kappa shape index (κ2) is 5.50. The Morgan fingerprint density at radius 1 is 1.40 bits per heavy atom. The van der Waals surface area contributed by atoms with Gasteiger partial charge >= 0.3 is 0 Å². The molecule has 2 unspecified atom stereocenters.